The van der Waals surface area contributed by atoms with Crippen molar-refractivity contribution in [2.24, 2.45) is 0 Å². The summed E-state index contributed by atoms with van der Waals surface area (Å²) >= 11 is 5.93. The first kappa shape index (κ1) is 20.5. The summed E-state index contributed by atoms with van der Waals surface area (Å²) in [6.45, 7) is 5.11. The van der Waals surface area contributed by atoms with Gasteiger partial charge in [0.05, 0.1) is 22.8 Å². The van der Waals surface area contributed by atoms with Crippen LogP contribution in [0.2, 0.25) is 5.02 Å². The Morgan fingerprint density at radius 1 is 1.11 bits per heavy atom. The average molecular weight is 412 g/mol. The van der Waals surface area contributed by atoms with E-state index in [2.05, 4.69) is 29.3 Å². The molecule has 1 aliphatic heterocycles. The maximum Gasteiger partial charge on any atom is 0.416 e. The average Bonchev–Trinajstić information content (AvgIpc) is 2.64. The zero-order valence-electron chi connectivity index (χ0n) is 15.4. The van der Waals surface area contributed by atoms with Gasteiger partial charge in [0, 0.05) is 31.9 Å². The smallest absolute Gasteiger partial charge is 0.369 e. The molecule has 3 rings (SSSR count). The van der Waals surface area contributed by atoms with Crippen molar-refractivity contribution in [1.29, 1.82) is 0 Å². The maximum atomic E-state index is 12.8. The van der Waals surface area contributed by atoms with Gasteiger partial charge in [-0.1, -0.05) is 29.8 Å². The van der Waals surface area contributed by atoms with Crippen LogP contribution in [0, 0.1) is 6.92 Å². The van der Waals surface area contributed by atoms with Gasteiger partial charge in [-0.15, -0.1) is 0 Å². The zero-order chi connectivity index (χ0) is 20.3. The summed E-state index contributed by atoms with van der Waals surface area (Å²) in [6, 6.07) is 11.0. The van der Waals surface area contributed by atoms with E-state index in [1.807, 2.05) is 17.0 Å². The Morgan fingerprint density at radius 2 is 1.79 bits per heavy atom. The third kappa shape index (κ3) is 4.97. The van der Waals surface area contributed by atoms with Gasteiger partial charge in [0.1, 0.15) is 0 Å². The second kappa shape index (κ2) is 8.41. The number of amides is 1. The highest BCUT2D eigenvalue weighted by Gasteiger charge is 2.31. The fraction of sp³-hybridized carbons (Fsp3) is 0.350. The number of rotatable bonds is 4. The molecule has 0 aliphatic carbocycles. The molecule has 0 unspecified atom stereocenters. The predicted molar refractivity (Wildman–Crippen MR) is 105 cm³/mol. The van der Waals surface area contributed by atoms with Crippen molar-refractivity contribution in [2.45, 2.75) is 13.1 Å². The molecule has 0 saturated carbocycles. The molecule has 0 radical (unpaired) electrons. The van der Waals surface area contributed by atoms with Gasteiger partial charge in [-0.2, -0.15) is 13.2 Å². The number of hydrogen-bond acceptors (Lipinski definition) is 3. The molecule has 150 valence electrons. The summed E-state index contributed by atoms with van der Waals surface area (Å²) in [6.07, 6.45) is -4.49. The first-order valence-corrected chi connectivity index (χ1v) is 9.31. The van der Waals surface area contributed by atoms with E-state index in [0.717, 1.165) is 31.3 Å². The van der Waals surface area contributed by atoms with Crippen molar-refractivity contribution in [3.05, 3.63) is 58.6 Å². The molecular weight excluding hydrogens is 391 g/mol. The minimum atomic E-state index is -4.49. The van der Waals surface area contributed by atoms with Gasteiger partial charge >= 0.3 is 6.18 Å². The van der Waals surface area contributed by atoms with Crippen LogP contribution in [0.1, 0.15) is 11.1 Å². The quantitative estimate of drug-likeness (QED) is 0.808. The van der Waals surface area contributed by atoms with E-state index in [-0.39, 0.29) is 23.2 Å². The fourth-order valence-electron chi connectivity index (χ4n) is 3.26. The van der Waals surface area contributed by atoms with Crippen LogP contribution in [0.5, 0.6) is 0 Å². The van der Waals surface area contributed by atoms with Gasteiger partial charge in [0.25, 0.3) is 0 Å². The first-order valence-electron chi connectivity index (χ1n) is 8.93. The van der Waals surface area contributed by atoms with Gasteiger partial charge in [-0.05, 0) is 36.8 Å². The van der Waals surface area contributed by atoms with Crippen LogP contribution < -0.4 is 10.2 Å². The van der Waals surface area contributed by atoms with Crippen LogP contribution >= 0.6 is 11.6 Å². The summed E-state index contributed by atoms with van der Waals surface area (Å²) in [7, 11) is 0. The molecule has 0 bridgehead atoms. The third-order valence-corrected chi connectivity index (χ3v) is 5.09. The molecule has 2 aromatic rings. The Bertz CT molecular complexity index is 849. The Kier molecular flexibility index (Phi) is 6.15. The van der Waals surface area contributed by atoms with Gasteiger partial charge in [-0.25, -0.2) is 0 Å². The van der Waals surface area contributed by atoms with Crippen molar-refractivity contribution in [1.82, 2.24) is 4.90 Å². The van der Waals surface area contributed by atoms with Gasteiger partial charge in [0.2, 0.25) is 5.91 Å². The van der Waals surface area contributed by atoms with Gasteiger partial charge in [-0.3, -0.25) is 9.69 Å². The molecule has 1 fully saturated rings. The molecule has 1 saturated heterocycles. The lowest BCUT2D eigenvalue weighted by molar-refractivity contribution is -0.137. The molecular formula is C20H21ClF3N3O. The zero-order valence-corrected chi connectivity index (χ0v) is 16.1. The van der Waals surface area contributed by atoms with Crippen molar-refractivity contribution in [3.63, 3.8) is 0 Å². The number of piperazine rings is 1. The van der Waals surface area contributed by atoms with Crippen LogP contribution in [0.4, 0.5) is 24.5 Å². The van der Waals surface area contributed by atoms with Crippen LogP contribution in [-0.4, -0.2) is 43.5 Å². The van der Waals surface area contributed by atoms with E-state index in [0.29, 0.717) is 13.1 Å². The standard InChI is InChI=1S/C20H21ClF3N3O/c1-14-4-2-3-5-18(14)27-10-8-26(9-11-27)13-19(28)25-17-12-15(20(22,23)24)6-7-16(17)21/h2-7,12H,8-11,13H2,1H3,(H,25,28). The summed E-state index contributed by atoms with van der Waals surface area (Å²) in [5.74, 6) is -0.384. The molecule has 28 heavy (non-hydrogen) atoms. The molecule has 2 aromatic carbocycles. The van der Waals surface area contributed by atoms with E-state index in [9.17, 15) is 18.0 Å². The van der Waals surface area contributed by atoms with E-state index >= 15 is 0 Å². The number of nitrogens with zero attached hydrogens (tertiary/aromatic N) is 2. The molecule has 0 spiro atoms. The van der Waals surface area contributed by atoms with Crippen LogP contribution in [-0.2, 0) is 11.0 Å². The fourth-order valence-corrected chi connectivity index (χ4v) is 3.42. The topological polar surface area (TPSA) is 35.6 Å². The number of benzene rings is 2. The molecule has 1 aliphatic rings. The Balaban J connectivity index is 1.56. The SMILES string of the molecule is Cc1ccccc1N1CCN(CC(=O)Nc2cc(C(F)(F)F)ccc2Cl)CC1. The number of nitrogens with one attached hydrogen (secondary N) is 1. The van der Waals surface area contributed by atoms with E-state index in [1.165, 1.54) is 11.3 Å². The number of para-hydroxylation sites is 1. The summed E-state index contributed by atoms with van der Waals surface area (Å²) < 4.78 is 38.5. The Labute approximate surface area is 166 Å². The number of alkyl halides is 3. The lowest BCUT2D eigenvalue weighted by Crippen LogP contribution is -2.48. The molecule has 4 nitrogen and oxygen atoms in total. The molecule has 8 heteroatoms. The van der Waals surface area contributed by atoms with Gasteiger partial charge < -0.3 is 10.2 Å². The van der Waals surface area contributed by atoms with E-state index in [4.69, 9.17) is 11.6 Å². The Morgan fingerprint density at radius 3 is 2.43 bits per heavy atom. The van der Waals surface area contributed by atoms with E-state index in [1.54, 1.807) is 0 Å². The highest BCUT2D eigenvalue weighted by Crippen LogP contribution is 2.33. The summed E-state index contributed by atoms with van der Waals surface area (Å²) in [5, 5.41) is 2.57. The lowest BCUT2D eigenvalue weighted by atomic mass is 10.1. The number of hydrogen-bond donors (Lipinski definition) is 1. The third-order valence-electron chi connectivity index (χ3n) is 4.76. The van der Waals surface area contributed by atoms with Crippen LogP contribution in [0.3, 0.4) is 0 Å². The number of anilines is 2. The molecule has 0 aromatic heterocycles. The summed E-state index contributed by atoms with van der Waals surface area (Å²) in [4.78, 5) is 16.5. The number of aryl methyl sites for hydroxylation is 1. The minimum Gasteiger partial charge on any atom is -0.369 e. The maximum absolute atomic E-state index is 12.8. The first-order chi connectivity index (χ1) is 13.2. The molecule has 0 atom stereocenters. The molecule has 1 heterocycles. The second-order valence-electron chi connectivity index (χ2n) is 6.79. The summed E-state index contributed by atoms with van der Waals surface area (Å²) in [5.41, 5.74) is 1.51. The monoisotopic (exact) mass is 411 g/mol. The van der Waals surface area contributed by atoms with Crippen molar-refractivity contribution in [2.75, 3.05) is 42.9 Å². The number of halogens is 4. The number of carbonyl (C=O) groups excluding carboxylic acids is 1. The van der Waals surface area contributed by atoms with Crippen LogP contribution in [0.15, 0.2) is 42.5 Å². The van der Waals surface area contributed by atoms with Crippen LogP contribution in [0.25, 0.3) is 0 Å². The largest absolute Gasteiger partial charge is 0.416 e. The van der Waals surface area contributed by atoms with Crippen molar-refractivity contribution >= 4 is 28.9 Å². The van der Waals surface area contributed by atoms with Gasteiger partial charge in [0.15, 0.2) is 0 Å². The molecule has 1 amide bonds. The highest BCUT2D eigenvalue weighted by molar-refractivity contribution is 6.33. The second-order valence-corrected chi connectivity index (χ2v) is 7.20. The lowest BCUT2D eigenvalue weighted by Gasteiger charge is -2.36. The normalized spacial score (nSPS) is 15.5. The predicted octanol–water partition coefficient (Wildman–Crippen LogP) is 4.43. The minimum absolute atomic E-state index is 0.0277. The highest BCUT2D eigenvalue weighted by atomic mass is 35.5. The molecule has 1 N–H and O–H groups in total. The van der Waals surface area contributed by atoms with Crippen molar-refractivity contribution in [3.8, 4) is 0 Å². The Hall–Kier alpha value is -2.25. The van der Waals surface area contributed by atoms with E-state index < -0.39 is 11.7 Å². The number of carbonyl (C=O) groups is 1. The van der Waals surface area contributed by atoms with Crippen molar-refractivity contribution < 1.29 is 18.0 Å².